The second kappa shape index (κ2) is 7.85. The zero-order valence-corrected chi connectivity index (χ0v) is 12.0. The standard InChI is InChI=1S/C12H26N2OS/c1-10(2)12(3,4)9-14-11(16)13-7-6-8-15-5/h10H,6-9H2,1-5H3,(H2,13,14,16). The van der Waals surface area contributed by atoms with Crippen LogP contribution in [0.15, 0.2) is 0 Å². The van der Waals surface area contributed by atoms with E-state index in [1.54, 1.807) is 7.11 Å². The van der Waals surface area contributed by atoms with Gasteiger partial charge in [-0.2, -0.15) is 0 Å². The SMILES string of the molecule is COCCCNC(=S)NCC(C)(C)C(C)C. The molecule has 0 aliphatic rings. The Balaban J connectivity index is 3.65. The highest BCUT2D eigenvalue weighted by Crippen LogP contribution is 2.24. The molecular weight excluding hydrogens is 220 g/mol. The van der Waals surface area contributed by atoms with Crippen LogP contribution < -0.4 is 10.6 Å². The lowest BCUT2D eigenvalue weighted by Gasteiger charge is -2.30. The average molecular weight is 246 g/mol. The molecule has 0 atom stereocenters. The van der Waals surface area contributed by atoms with Gasteiger partial charge >= 0.3 is 0 Å². The minimum Gasteiger partial charge on any atom is -0.385 e. The van der Waals surface area contributed by atoms with Crippen molar-refractivity contribution in [2.75, 3.05) is 26.8 Å². The molecule has 0 saturated carbocycles. The first-order valence-corrected chi connectivity index (χ1v) is 6.31. The summed E-state index contributed by atoms with van der Waals surface area (Å²) in [5.41, 5.74) is 0.262. The van der Waals surface area contributed by atoms with Crippen LogP contribution in [0.25, 0.3) is 0 Å². The van der Waals surface area contributed by atoms with Crippen molar-refractivity contribution in [2.45, 2.75) is 34.1 Å². The van der Waals surface area contributed by atoms with Crippen LogP contribution >= 0.6 is 12.2 Å². The van der Waals surface area contributed by atoms with Crippen LogP contribution in [0.5, 0.6) is 0 Å². The number of hydrogen-bond acceptors (Lipinski definition) is 2. The minimum atomic E-state index is 0.262. The molecule has 0 heterocycles. The highest BCUT2D eigenvalue weighted by Gasteiger charge is 2.21. The lowest BCUT2D eigenvalue weighted by Crippen LogP contribution is -2.42. The third-order valence-electron chi connectivity index (χ3n) is 3.08. The van der Waals surface area contributed by atoms with Crippen molar-refractivity contribution in [3.63, 3.8) is 0 Å². The Kier molecular flexibility index (Phi) is 7.68. The Bertz CT molecular complexity index is 205. The number of hydrogen-bond donors (Lipinski definition) is 2. The van der Waals surface area contributed by atoms with Crippen molar-refractivity contribution in [1.82, 2.24) is 10.6 Å². The first-order valence-electron chi connectivity index (χ1n) is 5.91. The summed E-state index contributed by atoms with van der Waals surface area (Å²) in [5, 5.41) is 7.17. The maximum absolute atomic E-state index is 5.20. The molecule has 0 radical (unpaired) electrons. The molecule has 2 N–H and O–H groups in total. The molecule has 0 saturated heterocycles. The fourth-order valence-corrected chi connectivity index (χ4v) is 1.17. The average Bonchev–Trinajstić information content (AvgIpc) is 2.21. The number of methoxy groups -OCH3 is 1. The smallest absolute Gasteiger partial charge is 0.166 e. The van der Waals surface area contributed by atoms with Gasteiger partial charge in [0.1, 0.15) is 0 Å². The van der Waals surface area contributed by atoms with Crippen molar-refractivity contribution < 1.29 is 4.74 Å². The second-order valence-corrected chi connectivity index (χ2v) is 5.51. The Morgan fingerprint density at radius 3 is 2.44 bits per heavy atom. The fourth-order valence-electron chi connectivity index (χ4n) is 0.993. The number of rotatable bonds is 7. The normalized spacial score (nSPS) is 11.6. The monoisotopic (exact) mass is 246 g/mol. The molecule has 0 aliphatic heterocycles. The van der Waals surface area contributed by atoms with Crippen molar-refractivity contribution in [3.05, 3.63) is 0 Å². The third kappa shape index (κ3) is 7.01. The van der Waals surface area contributed by atoms with Gasteiger partial charge in [-0.25, -0.2) is 0 Å². The molecule has 0 aliphatic carbocycles. The predicted molar refractivity (Wildman–Crippen MR) is 73.7 cm³/mol. The quantitative estimate of drug-likeness (QED) is 0.533. The molecule has 0 unspecified atom stereocenters. The molecule has 0 fully saturated rings. The van der Waals surface area contributed by atoms with Gasteiger partial charge in [0.25, 0.3) is 0 Å². The van der Waals surface area contributed by atoms with Crippen LogP contribution in [-0.2, 0) is 4.74 Å². The van der Waals surface area contributed by atoms with E-state index in [1.807, 2.05) is 0 Å². The molecule has 0 spiro atoms. The van der Waals surface area contributed by atoms with E-state index < -0.39 is 0 Å². The van der Waals surface area contributed by atoms with Gasteiger partial charge in [0.15, 0.2) is 5.11 Å². The van der Waals surface area contributed by atoms with Crippen LogP contribution in [-0.4, -0.2) is 31.9 Å². The Labute approximate surface area is 105 Å². The molecule has 0 rings (SSSR count). The molecule has 96 valence electrons. The lowest BCUT2D eigenvalue weighted by molar-refractivity contribution is 0.195. The summed E-state index contributed by atoms with van der Waals surface area (Å²) in [4.78, 5) is 0. The van der Waals surface area contributed by atoms with Gasteiger partial charge in [-0.05, 0) is 30.0 Å². The van der Waals surface area contributed by atoms with E-state index in [-0.39, 0.29) is 5.41 Å². The molecule has 4 heteroatoms. The van der Waals surface area contributed by atoms with Gasteiger partial charge in [-0.1, -0.05) is 27.7 Å². The summed E-state index contributed by atoms with van der Waals surface area (Å²) in [7, 11) is 1.71. The number of thiocarbonyl (C=S) groups is 1. The zero-order valence-electron chi connectivity index (χ0n) is 11.2. The van der Waals surface area contributed by atoms with E-state index in [0.717, 1.165) is 31.2 Å². The number of nitrogens with one attached hydrogen (secondary N) is 2. The molecule has 0 aromatic rings. The molecule has 16 heavy (non-hydrogen) atoms. The van der Waals surface area contributed by atoms with Gasteiger partial charge in [-0.3, -0.25) is 0 Å². The zero-order chi connectivity index (χ0) is 12.6. The van der Waals surface area contributed by atoms with Gasteiger partial charge in [0.2, 0.25) is 0 Å². The van der Waals surface area contributed by atoms with Crippen molar-refractivity contribution in [1.29, 1.82) is 0 Å². The van der Waals surface area contributed by atoms with Crippen LogP contribution in [0.1, 0.15) is 34.1 Å². The topological polar surface area (TPSA) is 33.3 Å². The van der Waals surface area contributed by atoms with Gasteiger partial charge < -0.3 is 15.4 Å². The Morgan fingerprint density at radius 2 is 1.94 bits per heavy atom. The van der Waals surface area contributed by atoms with Crippen LogP contribution in [0.4, 0.5) is 0 Å². The van der Waals surface area contributed by atoms with Gasteiger partial charge in [-0.15, -0.1) is 0 Å². The van der Waals surface area contributed by atoms with Gasteiger partial charge in [0, 0.05) is 26.8 Å². The van der Waals surface area contributed by atoms with Crippen LogP contribution in [0.2, 0.25) is 0 Å². The predicted octanol–water partition coefficient (Wildman–Crippen LogP) is 2.17. The van der Waals surface area contributed by atoms with E-state index in [9.17, 15) is 0 Å². The maximum atomic E-state index is 5.20. The first kappa shape index (κ1) is 15.7. The number of ether oxygens (including phenoxy) is 1. The molecule has 0 amide bonds. The first-order chi connectivity index (χ1) is 7.40. The summed E-state index contributed by atoms with van der Waals surface area (Å²) in [6.45, 7) is 11.5. The Morgan fingerprint density at radius 1 is 1.31 bits per heavy atom. The molecule has 3 nitrogen and oxygen atoms in total. The highest BCUT2D eigenvalue weighted by molar-refractivity contribution is 7.80. The second-order valence-electron chi connectivity index (χ2n) is 5.10. The molecule has 0 aromatic carbocycles. The lowest BCUT2D eigenvalue weighted by atomic mass is 9.81. The van der Waals surface area contributed by atoms with E-state index in [0.29, 0.717) is 5.92 Å². The molecule has 0 aromatic heterocycles. The molecular formula is C12H26N2OS. The van der Waals surface area contributed by atoms with E-state index in [1.165, 1.54) is 0 Å². The summed E-state index contributed by atoms with van der Waals surface area (Å²) in [6, 6.07) is 0. The maximum Gasteiger partial charge on any atom is 0.166 e. The van der Waals surface area contributed by atoms with Crippen molar-refractivity contribution >= 4 is 17.3 Å². The Hall–Kier alpha value is -0.350. The third-order valence-corrected chi connectivity index (χ3v) is 3.37. The summed E-state index contributed by atoms with van der Waals surface area (Å²) >= 11 is 5.20. The van der Waals surface area contributed by atoms with E-state index in [4.69, 9.17) is 17.0 Å². The highest BCUT2D eigenvalue weighted by atomic mass is 32.1. The van der Waals surface area contributed by atoms with Crippen LogP contribution in [0, 0.1) is 11.3 Å². The van der Waals surface area contributed by atoms with Crippen molar-refractivity contribution in [2.24, 2.45) is 11.3 Å². The fraction of sp³-hybridized carbons (Fsp3) is 0.917. The summed E-state index contributed by atoms with van der Waals surface area (Å²) in [6.07, 6.45) is 0.978. The molecule has 0 bridgehead atoms. The summed E-state index contributed by atoms with van der Waals surface area (Å²) < 4.78 is 4.97. The van der Waals surface area contributed by atoms with E-state index in [2.05, 4.69) is 38.3 Å². The minimum absolute atomic E-state index is 0.262. The van der Waals surface area contributed by atoms with Crippen LogP contribution in [0.3, 0.4) is 0 Å². The largest absolute Gasteiger partial charge is 0.385 e. The van der Waals surface area contributed by atoms with Crippen molar-refractivity contribution in [3.8, 4) is 0 Å². The van der Waals surface area contributed by atoms with Gasteiger partial charge in [0.05, 0.1) is 0 Å². The van der Waals surface area contributed by atoms with E-state index >= 15 is 0 Å². The summed E-state index contributed by atoms with van der Waals surface area (Å²) in [5.74, 6) is 0.635.